The van der Waals surface area contributed by atoms with Crippen LogP contribution in [0.3, 0.4) is 0 Å². The number of benzene rings is 1. The molecule has 0 saturated carbocycles. The van der Waals surface area contributed by atoms with Crippen LogP contribution in [0.5, 0.6) is 0 Å². The van der Waals surface area contributed by atoms with E-state index >= 15 is 0 Å². The lowest BCUT2D eigenvalue weighted by Gasteiger charge is -2.13. The van der Waals surface area contributed by atoms with Gasteiger partial charge < -0.3 is 5.32 Å². The Morgan fingerprint density at radius 2 is 1.86 bits per heavy atom. The van der Waals surface area contributed by atoms with E-state index in [0.29, 0.717) is 5.92 Å². The van der Waals surface area contributed by atoms with Crippen LogP contribution in [0.15, 0.2) is 29.6 Å². The van der Waals surface area contributed by atoms with Crippen LogP contribution in [-0.2, 0) is 12.8 Å². The summed E-state index contributed by atoms with van der Waals surface area (Å²) in [5.74, 6) is 0.547. The number of aryl methyl sites for hydroxylation is 1. The minimum Gasteiger partial charge on any atom is -0.322 e. The van der Waals surface area contributed by atoms with Crippen molar-refractivity contribution in [3.8, 4) is 0 Å². The third-order valence-corrected chi connectivity index (χ3v) is 5.23. The first kappa shape index (κ1) is 14.3. The summed E-state index contributed by atoms with van der Waals surface area (Å²) in [5, 5.41) is 5.05. The van der Waals surface area contributed by atoms with Crippen molar-refractivity contribution in [1.82, 2.24) is 0 Å². The molecular formula is C18H21NOS. The summed E-state index contributed by atoms with van der Waals surface area (Å²) in [6, 6.07) is 8.16. The molecule has 0 spiro atoms. The van der Waals surface area contributed by atoms with Crippen molar-refractivity contribution in [1.29, 1.82) is 0 Å². The fourth-order valence-electron chi connectivity index (χ4n) is 2.83. The number of fused-ring (bicyclic) bond motifs is 1. The number of nitrogens with one attached hydrogen (secondary N) is 1. The van der Waals surface area contributed by atoms with Gasteiger partial charge in [0.05, 0.1) is 5.56 Å². The van der Waals surface area contributed by atoms with Gasteiger partial charge in [-0.2, -0.15) is 0 Å². The topological polar surface area (TPSA) is 29.1 Å². The number of carbonyl (C=O) groups excluding carboxylic acids is 1. The first-order valence-electron chi connectivity index (χ1n) is 7.65. The zero-order chi connectivity index (χ0) is 14.8. The van der Waals surface area contributed by atoms with Crippen molar-refractivity contribution >= 4 is 22.9 Å². The maximum Gasteiger partial charge on any atom is 0.256 e. The highest BCUT2D eigenvalue weighted by Gasteiger charge is 2.20. The molecule has 2 nitrogen and oxygen atoms in total. The summed E-state index contributed by atoms with van der Waals surface area (Å²) in [5.41, 5.74) is 4.33. The van der Waals surface area contributed by atoms with Gasteiger partial charge in [-0.25, -0.2) is 0 Å². The highest BCUT2D eigenvalue weighted by atomic mass is 32.1. The molecule has 0 aliphatic heterocycles. The number of carbonyl (C=O) groups is 1. The van der Waals surface area contributed by atoms with Gasteiger partial charge in [-0.15, -0.1) is 11.3 Å². The van der Waals surface area contributed by atoms with Gasteiger partial charge in [0.25, 0.3) is 5.91 Å². The molecule has 110 valence electrons. The second-order valence-electron chi connectivity index (χ2n) is 5.99. The first-order valence-corrected chi connectivity index (χ1v) is 8.53. The molecular weight excluding hydrogens is 278 g/mol. The Morgan fingerprint density at radius 3 is 2.57 bits per heavy atom. The van der Waals surface area contributed by atoms with Crippen molar-refractivity contribution in [2.24, 2.45) is 0 Å². The van der Waals surface area contributed by atoms with Crippen LogP contribution in [-0.4, -0.2) is 5.91 Å². The van der Waals surface area contributed by atoms with Gasteiger partial charge in [-0.1, -0.05) is 26.0 Å². The maximum absolute atomic E-state index is 12.5. The fraction of sp³-hybridized carbons (Fsp3) is 0.389. The molecule has 0 saturated heterocycles. The fourth-order valence-corrected chi connectivity index (χ4v) is 3.96. The molecule has 1 aromatic heterocycles. The van der Waals surface area contributed by atoms with Gasteiger partial charge in [-0.3, -0.25) is 4.79 Å². The molecule has 1 aliphatic carbocycles. The lowest BCUT2D eigenvalue weighted by Crippen LogP contribution is -2.14. The molecule has 0 unspecified atom stereocenters. The summed E-state index contributed by atoms with van der Waals surface area (Å²) in [4.78, 5) is 13.9. The van der Waals surface area contributed by atoms with Crippen LogP contribution in [0, 0.1) is 0 Å². The standard InChI is InChI=1S/C18H21NOS/c1-12(2)13-7-9-14(10-8-13)19-18(20)16-11-21-17-6-4-3-5-15(16)17/h7-12H,3-6H2,1-2H3,(H,19,20). The van der Waals surface area contributed by atoms with Crippen LogP contribution in [0.25, 0.3) is 0 Å². The Labute approximate surface area is 130 Å². The van der Waals surface area contributed by atoms with Gasteiger partial charge in [0, 0.05) is 15.9 Å². The molecule has 1 amide bonds. The Kier molecular flexibility index (Phi) is 4.11. The zero-order valence-corrected chi connectivity index (χ0v) is 13.4. The van der Waals surface area contributed by atoms with E-state index in [9.17, 15) is 4.79 Å². The number of hydrogen-bond acceptors (Lipinski definition) is 2. The van der Waals surface area contributed by atoms with Crippen LogP contribution < -0.4 is 5.32 Å². The predicted octanol–water partition coefficient (Wildman–Crippen LogP) is 5.00. The smallest absolute Gasteiger partial charge is 0.256 e. The van der Waals surface area contributed by atoms with Crippen LogP contribution in [0.2, 0.25) is 0 Å². The Bertz CT molecular complexity index is 640. The summed E-state index contributed by atoms with van der Waals surface area (Å²) in [6.45, 7) is 4.34. The van der Waals surface area contributed by atoms with Crippen molar-refractivity contribution in [3.63, 3.8) is 0 Å². The van der Waals surface area contributed by atoms with E-state index in [0.717, 1.165) is 24.1 Å². The normalized spacial score (nSPS) is 14.0. The number of thiophene rings is 1. The van der Waals surface area contributed by atoms with Gasteiger partial charge in [0.2, 0.25) is 0 Å². The third kappa shape index (κ3) is 3.03. The second-order valence-corrected chi connectivity index (χ2v) is 6.95. The van der Waals surface area contributed by atoms with E-state index in [-0.39, 0.29) is 5.91 Å². The molecule has 0 atom stereocenters. The summed E-state index contributed by atoms with van der Waals surface area (Å²) in [6.07, 6.45) is 4.64. The number of anilines is 1. The van der Waals surface area contributed by atoms with Crippen molar-refractivity contribution < 1.29 is 4.79 Å². The molecule has 3 rings (SSSR count). The van der Waals surface area contributed by atoms with E-state index in [4.69, 9.17) is 0 Å². The lowest BCUT2D eigenvalue weighted by atomic mass is 9.95. The van der Waals surface area contributed by atoms with Gasteiger partial charge in [-0.05, 0) is 54.9 Å². The third-order valence-electron chi connectivity index (χ3n) is 4.14. The predicted molar refractivity (Wildman–Crippen MR) is 89.4 cm³/mol. The molecule has 1 N–H and O–H groups in total. The number of hydrogen-bond donors (Lipinski definition) is 1. The Morgan fingerprint density at radius 1 is 1.14 bits per heavy atom. The highest BCUT2D eigenvalue weighted by molar-refractivity contribution is 7.10. The molecule has 0 radical (unpaired) electrons. The van der Waals surface area contributed by atoms with Crippen molar-refractivity contribution in [2.75, 3.05) is 5.32 Å². The zero-order valence-electron chi connectivity index (χ0n) is 12.6. The van der Waals surface area contributed by atoms with Crippen LogP contribution >= 0.6 is 11.3 Å². The van der Waals surface area contributed by atoms with Gasteiger partial charge in [0.1, 0.15) is 0 Å². The molecule has 1 heterocycles. The van der Waals surface area contributed by atoms with Gasteiger partial charge >= 0.3 is 0 Å². The summed E-state index contributed by atoms with van der Waals surface area (Å²) >= 11 is 1.74. The molecule has 0 fully saturated rings. The quantitative estimate of drug-likeness (QED) is 0.848. The monoisotopic (exact) mass is 299 g/mol. The second kappa shape index (κ2) is 6.02. The number of rotatable bonds is 3. The Balaban J connectivity index is 1.75. The van der Waals surface area contributed by atoms with Crippen LogP contribution in [0.4, 0.5) is 5.69 Å². The van der Waals surface area contributed by atoms with E-state index in [1.807, 2.05) is 17.5 Å². The van der Waals surface area contributed by atoms with E-state index in [1.54, 1.807) is 11.3 Å². The van der Waals surface area contributed by atoms with Crippen molar-refractivity contribution in [3.05, 3.63) is 51.2 Å². The molecule has 21 heavy (non-hydrogen) atoms. The highest BCUT2D eigenvalue weighted by Crippen LogP contribution is 2.30. The Hall–Kier alpha value is -1.61. The maximum atomic E-state index is 12.5. The molecule has 1 aliphatic rings. The molecule has 3 heteroatoms. The average Bonchev–Trinajstić information content (AvgIpc) is 2.92. The minimum atomic E-state index is 0.0340. The molecule has 1 aromatic carbocycles. The molecule has 2 aromatic rings. The van der Waals surface area contributed by atoms with Crippen LogP contribution in [0.1, 0.15) is 59.0 Å². The van der Waals surface area contributed by atoms with E-state index < -0.39 is 0 Å². The summed E-state index contributed by atoms with van der Waals surface area (Å²) in [7, 11) is 0. The average molecular weight is 299 g/mol. The lowest BCUT2D eigenvalue weighted by molar-refractivity contribution is 0.102. The largest absolute Gasteiger partial charge is 0.322 e. The number of amides is 1. The van der Waals surface area contributed by atoms with E-state index in [1.165, 1.54) is 28.8 Å². The minimum absolute atomic E-state index is 0.0340. The first-order chi connectivity index (χ1) is 10.1. The molecule has 0 bridgehead atoms. The SMILES string of the molecule is CC(C)c1ccc(NC(=O)c2csc3c2CCCC3)cc1. The van der Waals surface area contributed by atoms with Crippen molar-refractivity contribution in [2.45, 2.75) is 45.4 Å². The van der Waals surface area contributed by atoms with Gasteiger partial charge in [0.15, 0.2) is 0 Å². The van der Waals surface area contributed by atoms with E-state index in [2.05, 4.69) is 31.3 Å². The summed E-state index contributed by atoms with van der Waals surface area (Å²) < 4.78 is 0.